The van der Waals surface area contributed by atoms with E-state index in [9.17, 15) is 4.79 Å². The first-order chi connectivity index (χ1) is 14.7. The van der Waals surface area contributed by atoms with Crippen LogP contribution < -0.4 is 10.9 Å². The van der Waals surface area contributed by atoms with Gasteiger partial charge < -0.3 is 15.2 Å². The first kappa shape index (κ1) is 18.8. The maximum absolute atomic E-state index is 13.0. The minimum absolute atomic E-state index is 0.0605. The van der Waals surface area contributed by atoms with Crippen LogP contribution in [0.5, 0.6) is 0 Å². The fraction of sp³-hybridized carbons (Fsp3) is 0.318. The summed E-state index contributed by atoms with van der Waals surface area (Å²) in [5, 5.41) is 8.67. The third-order valence-corrected chi connectivity index (χ3v) is 5.89. The molecule has 0 saturated carbocycles. The van der Waals surface area contributed by atoms with Crippen LogP contribution in [-0.2, 0) is 0 Å². The fourth-order valence-electron chi connectivity index (χ4n) is 4.09. The number of aromatic nitrogens is 3. The van der Waals surface area contributed by atoms with E-state index in [2.05, 4.69) is 39.1 Å². The first-order valence-electron chi connectivity index (χ1n) is 10.4. The lowest BCUT2D eigenvalue weighted by atomic mass is 10.1. The molecule has 8 heteroatoms. The van der Waals surface area contributed by atoms with Gasteiger partial charge in [-0.05, 0) is 30.8 Å². The summed E-state index contributed by atoms with van der Waals surface area (Å²) in [6, 6.07) is 15.7. The summed E-state index contributed by atoms with van der Waals surface area (Å²) in [6.07, 6.45) is 1.91. The quantitative estimate of drug-likeness (QED) is 0.694. The molecule has 0 bridgehead atoms. The SMILES string of the molecule is CCN1CCN(C(=O)c2cccc(-n3cc(C4NNc5ccccc54)nn3)c2)CC1. The highest BCUT2D eigenvalue weighted by atomic mass is 16.2. The molecule has 1 aromatic heterocycles. The molecule has 1 unspecified atom stereocenters. The van der Waals surface area contributed by atoms with Crippen LogP contribution in [0.2, 0.25) is 0 Å². The van der Waals surface area contributed by atoms with Gasteiger partial charge in [0.05, 0.1) is 23.6 Å². The molecule has 1 amide bonds. The molecule has 1 atom stereocenters. The number of carbonyl (C=O) groups is 1. The molecule has 0 spiro atoms. The van der Waals surface area contributed by atoms with Gasteiger partial charge in [0.25, 0.3) is 5.91 Å². The molecule has 0 radical (unpaired) electrons. The van der Waals surface area contributed by atoms with E-state index in [-0.39, 0.29) is 11.9 Å². The van der Waals surface area contributed by atoms with Gasteiger partial charge in [-0.1, -0.05) is 36.4 Å². The lowest BCUT2D eigenvalue weighted by Gasteiger charge is -2.34. The van der Waals surface area contributed by atoms with E-state index in [4.69, 9.17) is 0 Å². The van der Waals surface area contributed by atoms with Crippen molar-refractivity contribution in [3.05, 3.63) is 71.5 Å². The van der Waals surface area contributed by atoms with Gasteiger partial charge in [-0.25, -0.2) is 10.1 Å². The highest BCUT2D eigenvalue weighted by molar-refractivity contribution is 5.94. The number of likely N-dealkylation sites (N-methyl/N-ethyl adjacent to an activating group) is 1. The van der Waals surface area contributed by atoms with E-state index in [0.29, 0.717) is 5.56 Å². The zero-order valence-corrected chi connectivity index (χ0v) is 17.0. The van der Waals surface area contributed by atoms with Crippen molar-refractivity contribution in [3.8, 4) is 5.69 Å². The molecule has 8 nitrogen and oxygen atoms in total. The molecule has 2 N–H and O–H groups in total. The van der Waals surface area contributed by atoms with Gasteiger partial charge in [-0.15, -0.1) is 5.10 Å². The van der Waals surface area contributed by atoms with E-state index in [1.165, 1.54) is 0 Å². The van der Waals surface area contributed by atoms with Crippen molar-refractivity contribution in [2.24, 2.45) is 0 Å². The summed E-state index contributed by atoms with van der Waals surface area (Å²) in [5.74, 6) is 0.0727. The summed E-state index contributed by atoms with van der Waals surface area (Å²) >= 11 is 0. The molecule has 2 aliphatic heterocycles. The predicted molar refractivity (Wildman–Crippen MR) is 114 cm³/mol. The number of carbonyl (C=O) groups excluding carboxylic acids is 1. The molecule has 0 aliphatic carbocycles. The molecule has 3 aromatic rings. The van der Waals surface area contributed by atoms with Crippen LogP contribution in [0.25, 0.3) is 5.69 Å². The number of nitrogens with one attached hydrogen (secondary N) is 2. The lowest BCUT2D eigenvalue weighted by Crippen LogP contribution is -2.48. The summed E-state index contributed by atoms with van der Waals surface area (Å²) in [6.45, 7) is 6.58. The molecule has 2 aromatic carbocycles. The molecule has 5 rings (SSSR count). The Labute approximate surface area is 175 Å². The second-order valence-electron chi connectivity index (χ2n) is 7.65. The molecular formula is C22H25N7O. The zero-order valence-electron chi connectivity index (χ0n) is 17.0. The number of amides is 1. The lowest BCUT2D eigenvalue weighted by molar-refractivity contribution is 0.0643. The van der Waals surface area contributed by atoms with Gasteiger partial charge >= 0.3 is 0 Å². The van der Waals surface area contributed by atoms with Crippen molar-refractivity contribution in [1.82, 2.24) is 30.2 Å². The van der Waals surface area contributed by atoms with Gasteiger partial charge in [-0.3, -0.25) is 4.79 Å². The number of rotatable bonds is 4. The maximum atomic E-state index is 13.0. The summed E-state index contributed by atoms with van der Waals surface area (Å²) in [5.41, 5.74) is 11.0. The van der Waals surface area contributed by atoms with Crippen LogP contribution in [0.1, 0.15) is 34.6 Å². The van der Waals surface area contributed by atoms with Gasteiger partial charge in [0.2, 0.25) is 0 Å². The van der Waals surface area contributed by atoms with Gasteiger partial charge in [0.1, 0.15) is 5.69 Å². The van der Waals surface area contributed by atoms with Crippen molar-refractivity contribution < 1.29 is 4.79 Å². The minimum atomic E-state index is -0.0605. The number of para-hydroxylation sites is 1. The molecule has 3 heterocycles. The Morgan fingerprint density at radius 1 is 1.10 bits per heavy atom. The predicted octanol–water partition coefficient (Wildman–Crippen LogP) is 2.06. The molecule has 1 fully saturated rings. The number of nitrogens with zero attached hydrogens (tertiary/aromatic N) is 5. The molecule has 1 saturated heterocycles. The standard InChI is InChI=1S/C22H25N7O/c1-2-27-10-12-28(13-11-27)22(30)16-6-5-7-17(14-16)29-15-20(24-26-29)21-18-8-3-4-9-19(18)23-25-21/h3-9,14-15,21,23,25H,2,10-13H2,1H3. The average molecular weight is 403 g/mol. The molecular weight excluding hydrogens is 378 g/mol. The van der Waals surface area contributed by atoms with Gasteiger partial charge in [0, 0.05) is 37.3 Å². The number of piperazine rings is 1. The van der Waals surface area contributed by atoms with Gasteiger partial charge in [-0.2, -0.15) is 0 Å². The van der Waals surface area contributed by atoms with Crippen molar-refractivity contribution in [1.29, 1.82) is 0 Å². The molecule has 154 valence electrons. The second-order valence-corrected chi connectivity index (χ2v) is 7.65. The maximum Gasteiger partial charge on any atom is 0.254 e. The van der Waals surface area contributed by atoms with Crippen LogP contribution in [0.4, 0.5) is 5.69 Å². The summed E-state index contributed by atoms with van der Waals surface area (Å²) < 4.78 is 1.73. The number of fused-ring (bicyclic) bond motifs is 1. The van der Waals surface area contributed by atoms with Crippen molar-refractivity contribution >= 4 is 11.6 Å². The number of anilines is 1. The van der Waals surface area contributed by atoms with E-state index < -0.39 is 0 Å². The number of benzene rings is 2. The minimum Gasteiger partial charge on any atom is -0.336 e. The Morgan fingerprint density at radius 2 is 1.93 bits per heavy atom. The Morgan fingerprint density at radius 3 is 2.77 bits per heavy atom. The Balaban J connectivity index is 1.35. The third-order valence-electron chi connectivity index (χ3n) is 5.89. The molecule has 30 heavy (non-hydrogen) atoms. The number of hydrogen-bond acceptors (Lipinski definition) is 6. The normalized spacial score (nSPS) is 18.8. The third kappa shape index (κ3) is 3.44. The Kier molecular flexibility index (Phi) is 4.94. The second kappa shape index (κ2) is 7.89. The Bertz CT molecular complexity index is 1050. The van der Waals surface area contributed by atoms with Crippen LogP contribution in [-0.4, -0.2) is 63.4 Å². The van der Waals surface area contributed by atoms with E-state index in [1.54, 1.807) is 4.68 Å². The Hall–Kier alpha value is -3.23. The van der Waals surface area contributed by atoms with Crippen LogP contribution in [0, 0.1) is 0 Å². The van der Waals surface area contributed by atoms with Crippen LogP contribution >= 0.6 is 0 Å². The van der Waals surface area contributed by atoms with E-state index in [0.717, 1.165) is 55.4 Å². The van der Waals surface area contributed by atoms with Gasteiger partial charge in [0.15, 0.2) is 0 Å². The smallest absolute Gasteiger partial charge is 0.254 e. The van der Waals surface area contributed by atoms with Crippen LogP contribution in [0.3, 0.4) is 0 Å². The topological polar surface area (TPSA) is 78.3 Å². The fourth-order valence-corrected chi connectivity index (χ4v) is 4.09. The number of hydrazine groups is 1. The largest absolute Gasteiger partial charge is 0.336 e. The number of hydrogen-bond donors (Lipinski definition) is 2. The molecule has 2 aliphatic rings. The zero-order chi connectivity index (χ0) is 20.5. The van der Waals surface area contributed by atoms with Crippen molar-refractivity contribution in [2.75, 3.05) is 38.1 Å². The first-order valence-corrected chi connectivity index (χ1v) is 10.4. The summed E-state index contributed by atoms with van der Waals surface area (Å²) in [4.78, 5) is 17.3. The van der Waals surface area contributed by atoms with E-state index >= 15 is 0 Å². The monoisotopic (exact) mass is 403 g/mol. The van der Waals surface area contributed by atoms with Crippen molar-refractivity contribution in [3.63, 3.8) is 0 Å². The van der Waals surface area contributed by atoms with Crippen molar-refractivity contribution in [2.45, 2.75) is 13.0 Å². The highest BCUT2D eigenvalue weighted by Gasteiger charge is 2.26. The summed E-state index contributed by atoms with van der Waals surface area (Å²) in [7, 11) is 0. The van der Waals surface area contributed by atoms with Crippen LogP contribution in [0.15, 0.2) is 54.7 Å². The highest BCUT2D eigenvalue weighted by Crippen LogP contribution is 2.31. The average Bonchev–Trinajstić information content (AvgIpc) is 3.46. The van der Waals surface area contributed by atoms with E-state index in [1.807, 2.05) is 53.6 Å².